The van der Waals surface area contributed by atoms with Crippen LogP contribution in [0.15, 0.2) is 35.4 Å². The average Bonchev–Trinajstić information content (AvgIpc) is 2.94. The van der Waals surface area contributed by atoms with Crippen LogP contribution < -0.4 is 4.90 Å². The fraction of sp³-hybridized carbons (Fsp3) is 0.522. The van der Waals surface area contributed by atoms with Crippen LogP contribution in [0.2, 0.25) is 0 Å². The lowest BCUT2D eigenvalue weighted by molar-refractivity contribution is -0.130. The molecule has 29 heavy (non-hydrogen) atoms. The van der Waals surface area contributed by atoms with E-state index < -0.39 is 0 Å². The minimum Gasteiger partial charge on any atom is -0.353 e. The highest BCUT2D eigenvalue weighted by atomic mass is 32.2. The SMILES string of the molecule is CCC12CCC1c1c(nc(C)nc1N1CCN(C(=O)Cc3ccccc3)CC1)S2. The van der Waals surface area contributed by atoms with Gasteiger partial charge in [0.1, 0.15) is 16.7 Å². The summed E-state index contributed by atoms with van der Waals surface area (Å²) in [6, 6.07) is 10.0. The van der Waals surface area contributed by atoms with E-state index >= 15 is 0 Å². The lowest BCUT2D eigenvalue weighted by Gasteiger charge is -2.44. The van der Waals surface area contributed by atoms with Gasteiger partial charge in [0.05, 0.1) is 6.42 Å². The molecule has 0 spiro atoms. The van der Waals surface area contributed by atoms with Gasteiger partial charge in [-0.1, -0.05) is 49.0 Å². The number of carbonyl (C=O) groups excluding carboxylic acids is 1. The second-order valence-corrected chi connectivity index (χ2v) is 9.86. The highest BCUT2D eigenvalue weighted by Gasteiger charge is 2.54. The van der Waals surface area contributed by atoms with Crippen LogP contribution in [0.25, 0.3) is 0 Å². The van der Waals surface area contributed by atoms with Crippen molar-refractivity contribution in [3.63, 3.8) is 0 Å². The fourth-order valence-corrected chi connectivity index (χ4v) is 6.69. The molecular weight excluding hydrogens is 380 g/mol. The summed E-state index contributed by atoms with van der Waals surface area (Å²) >= 11 is 1.99. The Bertz CT molecular complexity index is 922. The third kappa shape index (κ3) is 3.21. The summed E-state index contributed by atoms with van der Waals surface area (Å²) < 4.78 is 0.354. The van der Waals surface area contributed by atoms with Gasteiger partial charge in [-0.05, 0) is 31.7 Å². The summed E-state index contributed by atoms with van der Waals surface area (Å²) in [6.45, 7) is 7.53. The molecule has 1 amide bonds. The van der Waals surface area contributed by atoms with Gasteiger partial charge in [-0.25, -0.2) is 9.97 Å². The van der Waals surface area contributed by atoms with Crippen molar-refractivity contribution in [1.29, 1.82) is 0 Å². The Morgan fingerprint density at radius 1 is 1.17 bits per heavy atom. The maximum Gasteiger partial charge on any atom is 0.227 e. The molecule has 1 aromatic carbocycles. The molecule has 1 aliphatic carbocycles. The van der Waals surface area contributed by atoms with Crippen LogP contribution in [0.5, 0.6) is 0 Å². The van der Waals surface area contributed by atoms with Crippen molar-refractivity contribution >= 4 is 23.5 Å². The summed E-state index contributed by atoms with van der Waals surface area (Å²) in [4.78, 5) is 26.8. The van der Waals surface area contributed by atoms with Crippen LogP contribution >= 0.6 is 11.8 Å². The van der Waals surface area contributed by atoms with Crippen molar-refractivity contribution in [2.45, 2.75) is 55.2 Å². The number of hydrogen-bond acceptors (Lipinski definition) is 5. The first-order valence-corrected chi connectivity index (χ1v) is 11.6. The standard InChI is InChI=1S/C23H28N4OS/c1-3-23-10-9-18(23)20-21(24-16(2)25-22(20)29-23)27-13-11-26(12-14-27)19(28)15-17-7-5-4-6-8-17/h4-8,18H,3,9-15H2,1-2H3. The molecule has 1 saturated heterocycles. The maximum absolute atomic E-state index is 12.7. The first-order valence-electron chi connectivity index (χ1n) is 10.7. The Morgan fingerprint density at radius 3 is 2.59 bits per heavy atom. The minimum absolute atomic E-state index is 0.222. The van der Waals surface area contributed by atoms with E-state index in [2.05, 4.69) is 11.8 Å². The molecule has 5 rings (SSSR count). The van der Waals surface area contributed by atoms with Gasteiger partial charge >= 0.3 is 0 Å². The highest BCUT2D eigenvalue weighted by Crippen LogP contribution is 2.66. The number of benzene rings is 1. The summed E-state index contributed by atoms with van der Waals surface area (Å²) in [5.74, 6) is 2.82. The molecule has 6 heteroatoms. The zero-order valence-corrected chi connectivity index (χ0v) is 18.0. The number of nitrogens with zero attached hydrogens (tertiary/aromatic N) is 4. The molecule has 0 radical (unpaired) electrons. The van der Waals surface area contributed by atoms with E-state index in [9.17, 15) is 4.79 Å². The Kier molecular flexibility index (Phi) is 4.77. The number of thioether (sulfide) groups is 1. The molecule has 0 bridgehead atoms. The second kappa shape index (κ2) is 7.31. The smallest absolute Gasteiger partial charge is 0.227 e. The highest BCUT2D eigenvalue weighted by molar-refractivity contribution is 8.01. The fourth-order valence-electron chi connectivity index (χ4n) is 5.04. The molecule has 3 aliphatic rings. The Balaban J connectivity index is 1.31. The number of rotatable bonds is 4. The number of hydrogen-bond donors (Lipinski definition) is 0. The number of fused-ring (bicyclic) bond motifs is 3. The Morgan fingerprint density at radius 2 is 1.93 bits per heavy atom. The zero-order chi connectivity index (χ0) is 20.0. The molecular formula is C23H28N4OS. The Hall–Kier alpha value is -2.08. The third-order valence-corrected chi connectivity index (χ3v) is 8.56. The van der Waals surface area contributed by atoms with Crippen LogP contribution in [0.4, 0.5) is 5.82 Å². The summed E-state index contributed by atoms with van der Waals surface area (Å²) in [6.07, 6.45) is 4.22. The summed E-state index contributed by atoms with van der Waals surface area (Å²) in [7, 11) is 0. The molecule has 2 aromatic rings. The van der Waals surface area contributed by atoms with E-state index in [1.54, 1.807) is 0 Å². The second-order valence-electron chi connectivity index (χ2n) is 8.46. The van der Waals surface area contributed by atoms with Crippen LogP contribution in [0, 0.1) is 6.92 Å². The average molecular weight is 409 g/mol. The number of aryl methyl sites for hydroxylation is 1. The van der Waals surface area contributed by atoms with Crippen molar-refractivity contribution in [2.75, 3.05) is 31.1 Å². The van der Waals surface area contributed by atoms with Crippen LogP contribution in [-0.4, -0.2) is 51.7 Å². The minimum atomic E-state index is 0.222. The van der Waals surface area contributed by atoms with Gasteiger partial charge in [0, 0.05) is 42.4 Å². The van der Waals surface area contributed by atoms with Crippen molar-refractivity contribution in [3.8, 4) is 0 Å². The van der Waals surface area contributed by atoms with E-state index in [1.165, 1.54) is 29.9 Å². The number of anilines is 1. The monoisotopic (exact) mass is 408 g/mol. The molecule has 2 aliphatic heterocycles. The first-order chi connectivity index (χ1) is 14.1. The van der Waals surface area contributed by atoms with E-state index in [0.29, 0.717) is 17.1 Å². The van der Waals surface area contributed by atoms with Crippen molar-refractivity contribution in [3.05, 3.63) is 47.3 Å². The lowest BCUT2D eigenvalue weighted by atomic mass is 9.68. The maximum atomic E-state index is 12.7. The Labute approximate surface area is 176 Å². The molecule has 152 valence electrons. The third-order valence-electron chi connectivity index (χ3n) is 6.87. The molecule has 5 nitrogen and oxygen atoms in total. The van der Waals surface area contributed by atoms with Gasteiger partial charge in [-0.3, -0.25) is 4.79 Å². The van der Waals surface area contributed by atoms with Crippen LogP contribution in [0.1, 0.15) is 49.1 Å². The van der Waals surface area contributed by atoms with E-state index in [0.717, 1.165) is 43.4 Å². The van der Waals surface area contributed by atoms with Gasteiger partial charge in [-0.15, -0.1) is 0 Å². The van der Waals surface area contributed by atoms with Crippen LogP contribution in [0.3, 0.4) is 0 Å². The van der Waals surface area contributed by atoms with Gasteiger partial charge in [0.15, 0.2) is 0 Å². The summed E-state index contributed by atoms with van der Waals surface area (Å²) in [5.41, 5.74) is 2.47. The molecule has 2 fully saturated rings. The van der Waals surface area contributed by atoms with E-state index in [4.69, 9.17) is 9.97 Å². The zero-order valence-electron chi connectivity index (χ0n) is 17.2. The molecule has 2 unspecified atom stereocenters. The number of piperazine rings is 1. The first kappa shape index (κ1) is 18.9. The largest absolute Gasteiger partial charge is 0.353 e. The van der Waals surface area contributed by atoms with Crippen molar-refractivity contribution < 1.29 is 4.79 Å². The quantitative estimate of drug-likeness (QED) is 0.720. The lowest BCUT2D eigenvalue weighted by Crippen LogP contribution is -2.50. The number of carbonyl (C=O) groups is 1. The molecule has 1 aromatic heterocycles. The van der Waals surface area contributed by atoms with E-state index in [-0.39, 0.29) is 5.91 Å². The van der Waals surface area contributed by atoms with Gasteiger partial charge < -0.3 is 9.80 Å². The van der Waals surface area contributed by atoms with Gasteiger partial charge in [0.25, 0.3) is 0 Å². The molecule has 2 atom stereocenters. The molecule has 0 N–H and O–H groups in total. The summed E-state index contributed by atoms with van der Waals surface area (Å²) in [5, 5.41) is 1.21. The molecule has 3 heterocycles. The number of amides is 1. The number of aromatic nitrogens is 2. The van der Waals surface area contributed by atoms with Crippen molar-refractivity contribution in [1.82, 2.24) is 14.9 Å². The normalized spacial score (nSPS) is 25.4. The predicted octanol–water partition coefficient (Wildman–Crippen LogP) is 3.81. The topological polar surface area (TPSA) is 49.3 Å². The van der Waals surface area contributed by atoms with Crippen molar-refractivity contribution in [2.24, 2.45) is 0 Å². The van der Waals surface area contributed by atoms with Crippen LogP contribution in [-0.2, 0) is 11.2 Å². The predicted molar refractivity (Wildman–Crippen MR) is 117 cm³/mol. The van der Waals surface area contributed by atoms with Gasteiger partial charge in [-0.2, -0.15) is 0 Å². The molecule has 1 saturated carbocycles. The van der Waals surface area contributed by atoms with E-state index in [1.807, 2.05) is 53.9 Å². The van der Waals surface area contributed by atoms with Gasteiger partial charge in [0.2, 0.25) is 5.91 Å².